The Hall–Kier alpha value is -3.80. The number of aliphatic hydroxyl groups excluding tert-OH is 1. The highest BCUT2D eigenvalue weighted by molar-refractivity contribution is 6.23. The summed E-state index contributed by atoms with van der Waals surface area (Å²) in [5, 5.41) is 16.7. The van der Waals surface area contributed by atoms with E-state index in [4.69, 9.17) is 19.9 Å². The molecule has 0 aromatic carbocycles. The maximum atomic E-state index is 13.5. The fourth-order valence-corrected chi connectivity index (χ4v) is 4.95. The number of methoxy groups -OCH3 is 2. The molecule has 5 N–H and O–H groups in total. The number of hydrogen-bond acceptors (Lipinski definition) is 9. The molecular weight excluding hydrogens is 542 g/mol. The number of primary amides is 1. The molecule has 0 unspecified atom stereocenters. The van der Waals surface area contributed by atoms with E-state index in [1.807, 2.05) is 6.92 Å². The van der Waals surface area contributed by atoms with Gasteiger partial charge >= 0.3 is 6.09 Å². The normalized spacial score (nSPS) is 31.6. The first-order chi connectivity index (χ1) is 19.8. The smallest absolute Gasteiger partial charge is 0.405 e. The van der Waals surface area contributed by atoms with Crippen molar-refractivity contribution in [3.05, 3.63) is 71.1 Å². The number of carbonyl (C=O) groups excluding carboxylic acids is 4. The maximum absolute atomic E-state index is 13.5. The summed E-state index contributed by atoms with van der Waals surface area (Å²) in [5.41, 5.74) is 6.42. The van der Waals surface area contributed by atoms with Crippen LogP contribution < -0.4 is 16.4 Å². The standard InChI is InChI=1S/C31H43N3O8/c1-8-12-33-26-21-13-17(2)14-25(41-7)27(36)19(4)15-20(5)29(42-31(32)39)24(40-6)11-9-10-18(3)30(38)34-22(28(21)37)16-23(26)35/h8-11,15-17,19,24-25,27,29,33,36H,1,12-14H2,2-7H3,(H2,32,39)(H,34,38)/b11-9-,18-10+,20-15+/t17-,19+,24-,25-,27+,29-/m0/s1. The lowest BCUT2D eigenvalue weighted by Gasteiger charge is -2.30. The number of allylic oxidation sites excluding steroid dienone is 4. The van der Waals surface area contributed by atoms with Gasteiger partial charge in [0.15, 0.2) is 6.10 Å². The number of aliphatic hydroxyl groups is 1. The quantitative estimate of drug-likeness (QED) is 0.271. The molecule has 1 aliphatic carbocycles. The molecule has 0 saturated carbocycles. The molecule has 2 aliphatic rings. The van der Waals surface area contributed by atoms with Gasteiger partial charge in [-0.25, -0.2) is 4.79 Å². The van der Waals surface area contributed by atoms with E-state index >= 15 is 0 Å². The summed E-state index contributed by atoms with van der Waals surface area (Å²) >= 11 is 0. The second-order valence-electron chi connectivity index (χ2n) is 10.6. The number of Topliss-reactive ketones (excluding diaryl/α,β-unsaturated/α-hetero) is 1. The molecule has 1 heterocycles. The Morgan fingerprint density at radius 1 is 1.21 bits per heavy atom. The van der Waals surface area contributed by atoms with Crippen molar-refractivity contribution >= 4 is 23.6 Å². The highest BCUT2D eigenvalue weighted by Crippen LogP contribution is 2.28. The van der Waals surface area contributed by atoms with Crippen LogP contribution in [0.5, 0.6) is 0 Å². The highest BCUT2D eigenvalue weighted by atomic mass is 16.6. The topological polar surface area (TPSA) is 166 Å². The molecule has 0 saturated heterocycles. The summed E-state index contributed by atoms with van der Waals surface area (Å²) in [6.45, 7) is 10.9. The van der Waals surface area contributed by atoms with Crippen LogP contribution in [0.2, 0.25) is 0 Å². The van der Waals surface area contributed by atoms with Crippen molar-refractivity contribution in [1.29, 1.82) is 0 Å². The number of amides is 2. The van der Waals surface area contributed by atoms with E-state index in [0.717, 1.165) is 6.08 Å². The molecule has 2 amide bonds. The molecule has 0 fully saturated rings. The number of hydrogen-bond donors (Lipinski definition) is 4. The Balaban J connectivity index is 2.62. The first kappa shape index (κ1) is 34.4. The zero-order valence-corrected chi connectivity index (χ0v) is 25.1. The summed E-state index contributed by atoms with van der Waals surface area (Å²) in [6, 6.07) is 0. The summed E-state index contributed by atoms with van der Waals surface area (Å²) in [7, 11) is 2.92. The first-order valence-electron chi connectivity index (χ1n) is 13.8. The van der Waals surface area contributed by atoms with Crippen LogP contribution in [0.25, 0.3) is 0 Å². The molecule has 0 radical (unpaired) electrons. The van der Waals surface area contributed by atoms with Crippen molar-refractivity contribution in [3.63, 3.8) is 0 Å². The fourth-order valence-electron chi connectivity index (χ4n) is 4.95. The molecule has 2 rings (SSSR count). The van der Waals surface area contributed by atoms with Crippen molar-refractivity contribution in [1.82, 2.24) is 10.6 Å². The Morgan fingerprint density at radius 3 is 2.50 bits per heavy atom. The minimum Gasteiger partial charge on any atom is -0.439 e. The summed E-state index contributed by atoms with van der Waals surface area (Å²) < 4.78 is 16.6. The van der Waals surface area contributed by atoms with Gasteiger partial charge in [0, 0.05) is 43.9 Å². The van der Waals surface area contributed by atoms with E-state index in [1.165, 1.54) is 20.3 Å². The lowest BCUT2D eigenvalue weighted by molar-refractivity contribution is -0.120. The molecule has 2 bridgehead atoms. The van der Waals surface area contributed by atoms with Crippen molar-refractivity contribution in [2.75, 3.05) is 20.8 Å². The van der Waals surface area contributed by atoms with Gasteiger partial charge in [0.05, 0.1) is 23.6 Å². The van der Waals surface area contributed by atoms with Crippen LogP contribution in [-0.4, -0.2) is 73.9 Å². The Kier molecular flexibility index (Phi) is 13.1. The van der Waals surface area contributed by atoms with Gasteiger partial charge in [-0.2, -0.15) is 0 Å². The number of nitrogens with one attached hydrogen (secondary N) is 2. The minimum atomic E-state index is -1.00. The molecule has 11 nitrogen and oxygen atoms in total. The molecular formula is C31H43N3O8. The predicted octanol–water partition coefficient (Wildman–Crippen LogP) is 2.54. The molecule has 0 aromatic rings. The van der Waals surface area contributed by atoms with Crippen LogP contribution in [0.3, 0.4) is 0 Å². The molecule has 6 atom stereocenters. The number of ether oxygens (including phenoxy) is 3. The van der Waals surface area contributed by atoms with Crippen LogP contribution >= 0.6 is 0 Å². The zero-order chi connectivity index (χ0) is 31.6. The van der Waals surface area contributed by atoms with Gasteiger partial charge in [-0.05, 0) is 38.2 Å². The highest BCUT2D eigenvalue weighted by Gasteiger charge is 2.33. The van der Waals surface area contributed by atoms with E-state index in [-0.39, 0.29) is 41.4 Å². The number of rotatable bonds is 6. The monoisotopic (exact) mass is 585 g/mol. The van der Waals surface area contributed by atoms with Gasteiger partial charge in [0.2, 0.25) is 11.6 Å². The average molecular weight is 586 g/mol. The number of fused-ring (bicyclic) bond motifs is 2. The Bertz CT molecular complexity index is 1210. The van der Waals surface area contributed by atoms with Crippen LogP contribution in [0.4, 0.5) is 4.79 Å². The second-order valence-corrected chi connectivity index (χ2v) is 10.6. The molecule has 1 aliphatic heterocycles. The van der Waals surface area contributed by atoms with E-state index in [0.29, 0.717) is 12.0 Å². The lowest BCUT2D eigenvalue weighted by Crippen LogP contribution is -2.37. The summed E-state index contributed by atoms with van der Waals surface area (Å²) in [5.74, 6) is -2.14. The van der Waals surface area contributed by atoms with Gasteiger partial charge in [0.25, 0.3) is 5.91 Å². The SMILES string of the molecule is C=CCNC1=C2C[C@H](C)C[C@H](OC)[C@H](O)[C@H](C)/C=C(\C)[C@H](OC(N)=O)[C@@H](OC)/C=C\C=C(/C)C(=O)NC(=CC1=O)C2=O. The molecule has 230 valence electrons. The van der Waals surface area contributed by atoms with Gasteiger partial charge < -0.3 is 35.7 Å². The number of ketones is 2. The molecule has 0 aromatic heterocycles. The average Bonchev–Trinajstić information content (AvgIpc) is 2.94. The molecule has 11 heteroatoms. The van der Waals surface area contributed by atoms with E-state index < -0.39 is 53.9 Å². The van der Waals surface area contributed by atoms with E-state index in [9.17, 15) is 24.3 Å². The maximum Gasteiger partial charge on any atom is 0.405 e. The van der Waals surface area contributed by atoms with Crippen LogP contribution in [0, 0.1) is 11.8 Å². The number of nitrogens with two attached hydrogens (primary N) is 1. The van der Waals surface area contributed by atoms with Crippen molar-refractivity contribution in [2.45, 2.75) is 65.0 Å². The van der Waals surface area contributed by atoms with Crippen LogP contribution in [0.1, 0.15) is 40.5 Å². The summed E-state index contributed by atoms with van der Waals surface area (Å²) in [6.07, 6.45) is 5.34. The number of carbonyl (C=O) groups is 4. The van der Waals surface area contributed by atoms with Crippen molar-refractivity contribution in [2.24, 2.45) is 17.6 Å². The lowest BCUT2D eigenvalue weighted by atomic mass is 9.85. The first-order valence-corrected chi connectivity index (χ1v) is 13.8. The van der Waals surface area contributed by atoms with Gasteiger partial charge in [0.1, 0.15) is 6.10 Å². The Morgan fingerprint density at radius 2 is 1.90 bits per heavy atom. The zero-order valence-electron chi connectivity index (χ0n) is 25.1. The third-order valence-corrected chi connectivity index (χ3v) is 7.22. The van der Waals surface area contributed by atoms with Gasteiger partial charge in [-0.3, -0.25) is 14.4 Å². The molecule has 42 heavy (non-hydrogen) atoms. The van der Waals surface area contributed by atoms with Crippen LogP contribution in [0.15, 0.2) is 71.1 Å². The third kappa shape index (κ3) is 9.10. The summed E-state index contributed by atoms with van der Waals surface area (Å²) in [4.78, 5) is 51.3. The Labute approximate surface area is 247 Å². The van der Waals surface area contributed by atoms with Gasteiger partial charge in [-0.1, -0.05) is 44.2 Å². The van der Waals surface area contributed by atoms with Crippen LogP contribution in [-0.2, 0) is 28.6 Å². The van der Waals surface area contributed by atoms with Crippen molar-refractivity contribution in [3.8, 4) is 0 Å². The van der Waals surface area contributed by atoms with E-state index in [2.05, 4.69) is 17.2 Å². The second kappa shape index (κ2) is 16.0. The molecule has 0 spiro atoms. The largest absolute Gasteiger partial charge is 0.439 e. The van der Waals surface area contributed by atoms with Crippen molar-refractivity contribution < 1.29 is 38.5 Å². The minimum absolute atomic E-state index is 0.132. The fraction of sp³-hybridized carbons (Fsp3) is 0.484. The third-order valence-electron chi connectivity index (χ3n) is 7.22. The van der Waals surface area contributed by atoms with Gasteiger partial charge in [-0.15, -0.1) is 6.58 Å². The van der Waals surface area contributed by atoms with E-state index in [1.54, 1.807) is 45.1 Å². The predicted molar refractivity (Wildman–Crippen MR) is 158 cm³/mol.